The number of nitrogens with zero attached hydrogens (tertiary/aromatic N) is 3. The van der Waals surface area contributed by atoms with Crippen molar-refractivity contribution in [2.24, 2.45) is 0 Å². The zero-order valence-electron chi connectivity index (χ0n) is 17.4. The molecule has 2 aromatic carbocycles. The Kier molecular flexibility index (Phi) is 4.81. The summed E-state index contributed by atoms with van der Waals surface area (Å²) in [4.78, 5) is 49.1. The van der Waals surface area contributed by atoms with Gasteiger partial charge in [0.05, 0.1) is 28.2 Å². The maximum Gasteiger partial charge on any atom is 0.261 e. The molecule has 3 amide bonds. The van der Waals surface area contributed by atoms with E-state index in [2.05, 4.69) is 11.1 Å². The van der Waals surface area contributed by atoms with Crippen LogP contribution in [0.5, 0.6) is 0 Å². The van der Waals surface area contributed by atoms with Crippen LogP contribution in [-0.4, -0.2) is 50.6 Å². The second-order valence-corrected chi connectivity index (χ2v) is 8.30. The lowest BCUT2D eigenvalue weighted by Crippen LogP contribution is -2.34. The van der Waals surface area contributed by atoms with Gasteiger partial charge in [-0.1, -0.05) is 18.2 Å². The van der Waals surface area contributed by atoms with Crippen LogP contribution in [0.4, 0.5) is 0 Å². The first kappa shape index (κ1) is 19.5. The number of aryl methyl sites for hydroxylation is 1. The average Bonchev–Trinajstić information content (AvgIpc) is 3.47. The molecule has 0 saturated carbocycles. The standard InChI is InChI=1S/C24H24N4O3/c1-15-10-11-18-19(14-15)26-22(25-18)20-8-4-12-27(20)21(29)9-5-13-28-23(30)16-6-2-3-7-17(16)24(28)31/h2-3,6-7,10-11,14,20H,4-5,8-9,12-13H2,1H3,(H,25,26). The lowest BCUT2D eigenvalue weighted by molar-refractivity contribution is -0.132. The van der Waals surface area contributed by atoms with Crippen LogP contribution in [0.3, 0.4) is 0 Å². The predicted molar refractivity (Wildman–Crippen MR) is 116 cm³/mol. The molecule has 31 heavy (non-hydrogen) atoms. The molecule has 3 aromatic rings. The summed E-state index contributed by atoms with van der Waals surface area (Å²) in [7, 11) is 0. The Morgan fingerprint density at radius 1 is 1.13 bits per heavy atom. The maximum absolute atomic E-state index is 12.9. The molecular weight excluding hydrogens is 392 g/mol. The first-order chi connectivity index (χ1) is 15.0. The van der Waals surface area contributed by atoms with E-state index in [0.29, 0.717) is 30.5 Å². The lowest BCUT2D eigenvalue weighted by Gasteiger charge is -2.23. The van der Waals surface area contributed by atoms with E-state index in [4.69, 9.17) is 4.98 Å². The number of aromatic amines is 1. The Balaban J connectivity index is 1.23. The highest BCUT2D eigenvalue weighted by Crippen LogP contribution is 2.32. The molecule has 1 unspecified atom stereocenters. The van der Waals surface area contributed by atoms with E-state index in [1.165, 1.54) is 4.90 Å². The monoisotopic (exact) mass is 416 g/mol. The number of likely N-dealkylation sites (tertiary alicyclic amines) is 1. The van der Waals surface area contributed by atoms with Crippen molar-refractivity contribution in [3.05, 3.63) is 65.0 Å². The van der Waals surface area contributed by atoms with Crippen LogP contribution in [0.2, 0.25) is 0 Å². The number of hydrogen-bond donors (Lipinski definition) is 1. The van der Waals surface area contributed by atoms with Crippen molar-refractivity contribution >= 4 is 28.8 Å². The number of imide groups is 1. The topological polar surface area (TPSA) is 86.4 Å². The summed E-state index contributed by atoms with van der Waals surface area (Å²) in [6.45, 7) is 2.99. The van der Waals surface area contributed by atoms with Crippen LogP contribution in [0.1, 0.15) is 63.8 Å². The van der Waals surface area contributed by atoms with Gasteiger partial charge in [-0.25, -0.2) is 4.98 Å². The van der Waals surface area contributed by atoms with Crippen molar-refractivity contribution in [1.82, 2.24) is 19.8 Å². The van der Waals surface area contributed by atoms with E-state index in [0.717, 1.165) is 35.3 Å². The number of fused-ring (bicyclic) bond motifs is 2. The highest BCUT2D eigenvalue weighted by Gasteiger charge is 2.35. The molecule has 1 N–H and O–H groups in total. The van der Waals surface area contributed by atoms with Gasteiger partial charge in [-0.15, -0.1) is 0 Å². The van der Waals surface area contributed by atoms with E-state index >= 15 is 0 Å². The summed E-state index contributed by atoms with van der Waals surface area (Å²) in [5.41, 5.74) is 3.94. The van der Waals surface area contributed by atoms with Crippen molar-refractivity contribution in [3.8, 4) is 0 Å². The van der Waals surface area contributed by atoms with E-state index < -0.39 is 0 Å². The van der Waals surface area contributed by atoms with Gasteiger partial charge in [0, 0.05) is 19.5 Å². The molecule has 7 heteroatoms. The van der Waals surface area contributed by atoms with Crippen LogP contribution in [-0.2, 0) is 4.79 Å². The number of benzene rings is 2. The summed E-state index contributed by atoms with van der Waals surface area (Å²) in [5, 5.41) is 0. The highest BCUT2D eigenvalue weighted by molar-refractivity contribution is 6.21. The number of carbonyl (C=O) groups excluding carboxylic acids is 3. The smallest absolute Gasteiger partial charge is 0.261 e. The van der Waals surface area contributed by atoms with Crippen LogP contribution in [0.25, 0.3) is 11.0 Å². The van der Waals surface area contributed by atoms with Crippen LogP contribution in [0, 0.1) is 6.92 Å². The third kappa shape index (κ3) is 3.40. The Hall–Kier alpha value is -3.48. The number of imidazole rings is 1. The van der Waals surface area contributed by atoms with E-state index in [9.17, 15) is 14.4 Å². The molecule has 1 saturated heterocycles. The fourth-order valence-electron chi connectivity index (χ4n) is 4.62. The number of H-pyrrole nitrogens is 1. The summed E-state index contributed by atoms with van der Waals surface area (Å²) in [6.07, 6.45) is 2.56. The minimum Gasteiger partial charge on any atom is -0.340 e. The molecule has 0 spiro atoms. The second kappa shape index (κ2) is 7.65. The highest BCUT2D eigenvalue weighted by atomic mass is 16.2. The van der Waals surface area contributed by atoms with Gasteiger partial charge in [0.2, 0.25) is 5.91 Å². The van der Waals surface area contributed by atoms with Gasteiger partial charge < -0.3 is 9.88 Å². The molecule has 7 nitrogen and oxygen atoms in total. The Morgan fingerprint density at radius 2 is 1.87 bits per heavy atom. The molecule has 0 bridgehead atoms. The Labute approximate surface area is 180 Å². The molecule has 2 aliphatic rings. The number of aromatic nitrogens is 2. The fourth-order valence-corrected chi connectivity index (χ4v) is 4.62. The van der Waals surface area contributed by atoms with Crippen molar-refractivity contribution in [2.75, 3.05) is 13.1 Å². The molecule has 0 aliphatic carbocycles. The first-order valence-electron chi connectivity index (χ1n) is 10.7. The van der Waals surface area contributed by atoms with Gasteiger partial charge >= 0.3 is 0 Å². The largest absolute Gasteiger partial charge is 0.340 e. The molecule has 1 fully saturated rings. The quantitative estimate of drug-likeness (QED) is 0.644. The molecular formula is C24H24N4O3. The number of hydrogen-bond acceptors (Lipinski definition) is 4. The van der Waals surface area contributed by atoms with Gasteiger partial charge in [-0.2, -0.15) is 0 Å². The Bertz CT molecular complexity index is 1160. The average molecular weight is 416 g/mol. The summed E-state index contributed by atoms with van der Waals surface area (Å²) in [6, 6.07) is 12.9. The fraction of sp³-hybridized carbons (Fsp3) is 0.333. The molecule has 1 aromatic heterocycles. The minimum atomic E-state index is -0.273. The van der Waals surface area contributed by atoms with Crippen LogP contribution >= 0.6 is 0 Å². The van der Waals surface area contributed by atoms with E-state index in [1.807, 2.05) is 24.0 Å². The zero-order chi connectivity index (χ0) is 21.5. The Morgan fingerprint density at radius 3 is 2.61 bits per heavy atom. The second-order valence-electron chi connectivity index (χ2n) is 8.30. The number of amides is 3. The van der Waals surface area contributed by atoms with Gasteiger partial charge in [-0.3, -0.25) is 19.3 Å². The predicted octanol–water partition coefficient (Wildman–Crippen LogP) is 3.61. The van der Waals surface area contributed by atoms with Crippen molar-refractivity contribution < 1.29 is 14.4 Å². The SMILES string of the molecule is Cc1ccc2nc(C3CCCN3C(=O)CCCN3C(=O)c4ccccc4C3=O)[nH]c2c1. The summed E-state index contributed by atoms with van der Waals surface area (Å²) in [5.74, 6) is 0.317. The third-order valence-corrected chi connectivity index (χ3v) is 6.20. The number of carbonyl (C=O) groups is 3. The van der Waals surface area contributed by atoms with E-state index in [1.54, 1.807) is 24.3 Å². The van der Waals surface area contributed by atoms with Gasteiger partial charge in [0.1, 0.15) is 5.82 Å². The first-order valence-corrected chi connectivity index (χ1v) is 10.7. The normalized spacial score (nSPS) is 18.3. The van der Waals surface area contributed by atoms with E-state index in [-0.39, 0.29) is 30.3 Å². The van der Waals surface area contributed by atoms with Crippen LogP contribution in [0.15, 0.2) is 42.5 Å². The van der Waals surface area contributed by atoms with Gasteiger partial charge in [-0.05, 0) is 56.0 Å². The molecule has 158 valence electrons. The van der Waals surface area contributed by atoms with Gasteiger partial charge in [0.15, 0.2) is 0 Å². The molecule has 5 rings (SSSR count). The zero-order valence-corrected chi connectivity index (χ0v) is 17.4. The molecule has 2 aliphatic heterocycles. The lowest BCUT2D eigenvalue weighted by atomic mass is 10.1. The van der Waals surface area contributed by atoms with Gasteiger partial charge in [0.25, 0.3) is 11.8 Å². The molecule has 0 radical (unpaired) electrons. The van der Waals surface area contributed by atoms with Crippen molar-refractivity contribution in [3.63, 3.8) is 0 Å². The molecule has 1 atom stereocenters. The van der Waals surface area contributed by atoms with Crippen molar-refractivity contribution in [1.29, 1.82) is 0 Å². The third-order valence-electron chi connectivity index (χ3n) is 6.20. The maximum atomic E-state index is 12.9. The summed E-state index contributed by atoms with van der Waals surface area (Å²) < 4.78 is 0. The minimum absolute atomic E-state index is 0.0377. The number of nitrogens with one attached hydrogen (secondary N) is 1. The van der Waals surface area contributed by atoms with Crippen molar-refractivity contribution in [2.45, 2.75) is 38.6 Å². The van der Waals surface area contributed by atoms with Crippen LogP contribution < -0.4 is 0 Å². The number of rotatable bonds is 5. The summed E-state index contributed by atoms with van der Waals surface area (Å²) >= 11 is 0. The molecule has 3 heterocycles.